The first-order valence-electron chi connectivity index (χ1n) is 11.5. The highest BCUT2D eigenvalue weighted by molar-refractivity contribution is 9.10. The summed E-state index contributed by atoms with van der Waals surface area (Å²) in [6.07, 6.45) is 0. The van der Waals surface area contributed by atoms with Crippen LogP contribution in [-0.4, -0.2) is 5.71 Å². The van der Waals surface area contributed by atoms with E-state index < -0.39 is 5.79 Å². The number of halogens is 1. The lowest BCUT2D eigenvalue weighted by atomic mass is 10.0. The van der Waals surface area contributed by atoms with Crippen molar-refractivity contribution >= 4 is 38.1 Å². The van der Waals surface area contributed by atoms with Gasteiger partial charge in [-0.05, 0) is 51.0 Å². The van der Waals surface area contributed by atoms with E-state index in [0.717, 1.165) is 54.8 Å². The number of fused-ring (bicyclic) bond motifs is 2. The number of hydrogen-bond acceptors (Lipinski definition) is 3. The predicted molar refractivity (Wildman–Crippen MR) is 145 cm³/mol. The van der Waals surface area contributed by atoms with Gasteiger partial charge in [0.1, 0.15) is 0 Å². The van der Waals surface area contributed by atoms with E-state index in [2.05, 4.69) is 52.3 Å². The van der Waals surface area contributed by atoms with Crippen molar-refractivity contribution in [2.75, 3.05) is 0 Å². The molecule has 35 heavy (non-hydrogen) atoms. The zero-order chi connectivity index (χ0) is 23.8. The van der Waals surface area contributed by atoms with E-state index >= 15 is 0 Å². The van der Waals surface area contributed by atoms with E-state index in [4.69, 9.17) is 14.5 Å². The van der Waals surface area contributed by atoms with Gasteiger partial charge in [-0.2, -0.15) is 0 Å². The molecule has 1 aliphatic heterocycles. The summed E-state index contributed by atoms with van der Waals surface area (Å²) in [7, 11) is 0. The smallest absolute Gasteiger partial charge is 0.275 e. The summed E-state index contributed by atoms with van der Waals surface area (Å²) in [5, 5.41) is 2.09. The Balaban J connectivity index is 1.44. The van der Waals surface area contributed by atoms with Gasteiger partial charge in [-0.3, -0.25) is 0 Å². The number of rotatable bonds is 4. The summed E-state index contributed by atoms with van der Waals surface area (Å²) in [4.78, 5) is 5.12. The van der Waals surface area contributed by atoms with Crippen LogP contribution < -0.4 is 9.47 Å². The van der Waals surface area contributed by atoms with Gasteiger partial charge in [0.25, 0.3) is 5.79 Å². The fraction of sp³-hybridized carbons (Fsp3) is 0.0645. The van der Waals surface area contributed by atoms with Crippen LogP contribution in [-0.2, 0) is 5.79 Å². The second-order valence-corrected chi connectivity index (χ2v) is 9.51. The third-order valence-electron chi connectivity index (χ3n) is 6.20. The summed E-state index contributed by atoms with van der Waals surface area (Å²) in [6.45, 7) is 1.95. The van der Waals surface area contributed by atoms with Gasteiger partial charge in [-0.15, -0.1) is 0 Å². The Kier molecular flexibility index (Phi) is 5.39. The molecule has 3 nitrogen and oxygen atoms in total. The first-order valence-corrected chi connectivity index (χ1v) is 12.3. The molecule has 170 valence electrons. The standard InChI is InChI=1S/C31H22BrNO2/c1-31(25-15-9-4-10-16-25)34-28-19-23-17-26(32)27(18-24(23)20-29(28)35-31)33-30(21-11-5-2-6-12-21)22-13-7-3-8-14-22/h2-20H,1H3. The van der Waals surface area contributed by atoms with E-state index in [0.29, 0.717) is 0 Å². The topological polar surface area (TPSA) is 30.8 Å². The van der Waals surface area contributed by atoms with Crippen LogP contribution in [0.5, 0.6) is 11.5 Å². The Morgan fingerprint density at radius 1 is 0.657 bits per heavy atom. The second-order valence-electron chi connectivity index (χ2n) is 8.66. The molecule has 1 unspecified atom stereocenters. The highest BCUT2D eigenvalue weighted by Gasteiger charge is 2.38. The number of hydrogen-bond donors (Lipinski definition) is 0. The molecule has 1 aliphatic rings. The fourth-order valence-electron chi connectivity index (χ4n) is 4.42. The van der Waals surface area contributed by atoms with Crippen molar-refractivity contribution in [2.24, 2.45) is 4.99 Å². The molecule has 1 heterocycles. The second kappa shape index (κ2) is 8.71. The van der Waals surface area contributed by atoms with Crippen molar-refractivity contribution in [3.8, 4) is 11.5 Å². The normalized spacial score (nSPS) is 16.3. The molecule has 1 atom stereocenters. The molecular weight excluding hydrogens is 498 g/mol. The zero-order valence-corrected chi connectivity index (χ0v) is 20.7. The maximum Gasteiger partial charge on any atom is 0.275 e. The number of ether oxygens (including phenoxy) is 2. The lowest BCUT2D eigenvalue weighted by Crippen LogP contribution is -2.31. The quantitative estimate of drug-likeness (QED) is 0.223. The summed E-state index contributed by atoms with van der Waals surface area (Å²) in [6, 6.07) is 38.8. The average molecular weight is 520 g/mol. The van der Waals surface area contributed by atoms with E-state index in [-0.39, 0.29) is 0 Å². The maximum absolute atomic E-state index is 6.31. The molecule has 0 saturated carbocycles. The van der Waals surface area contributed by atoms with Gasteiger partial charge in [0.2, 0.25) is 0 Å². The van der Waals surface area contributed by atoms with Crippen LogP contribution in [0.4, 0.5) is 5.69 Å². The third kappa shape index (κ3) is 4.11. The molecule has 0 N–H and O–H groups in total. The Bertz CT molecular complexity index is 1510. The molecule has 0 spiro atoms. The zero-order valence-electron chi connectivity index (χ0n) is 19.1. The van der Waals surface area contributed by atoms with E-state index in [1.54, 1.807) is 0 Å². The van der Waals surface area contributed by atoms with Crippen LogP contribution >= 0.6 is 15.9 Å². The molecule has 5 aromatic rings. The van der Waals surface area contributed by atoms with Crippen LogP contribution in [0.3, 0.4) is 0 Å². The molecule has 0 amide bonds. The Morgan fingerprint density at radius 2 is 1.14 bits per heavy atom. The predicted octanol–water partition coefficient (Wildman–Crippen LogP) is 8.42. The van der Waals surface area contributed by atoms with E-state index in [9.17, 15) is 0 Å². The Morgan fingerprint density at radius 3 is 1.69 bits per heavy atom. The monoisotopic (exact) mass is 519 g/mol. The summed E-state index contributed by atoms with van der Waals surface area (Å²) >= 11 is 3.75. The Labute approximate surface area is 212 Å². The molecule has 0 aliphatic carbocycles. The van der Waals surface area contributed by atoms with Crippen molar-refractivity contribution in [1.29, 1.82) is 0 Å². The minimum absolute atomic E-state index is 0.729. The minimum atomic E-state index is -0.854. The molecule has 5 aromatic carbocycles. The van der Waals surface area contributed by atoms with Crippen LogP contribution in [0.25, 0.3) is 10.8 Å². The van der Waals surface area contributed by atoms with Gasteiger partial charge >= 0.3 is 0 Å². The van der Waals surface area contributed by atoms with Crippen molar-refractivity contribution in [3.63, 3.8) is 0 Å². The SMILES string of the molecule is CC1(c2ccccc2)Oc2cc3cc(Br)c(N=C(c4ccccc4)c4ccccc4)cc3cc2O1. The molecular formula is C31H22BrNO2. The van der Waals surface area contributed by atoms with Crippen molar-refractivity contribution in [1.82, 2.24) is 0 Å². The van der Waals surface area contributed by atoms with Crippen LogP contribution in [0, 0.1) is 0 Å². The first-order chi connectivity index (χ1) is 17.1. The molecule has 0 fully saturated rings. The molecule has 0 saturated heterocycles. The highest BCUT2D eigenvalue weighted by Crippen LogP contribution is 2.47. The van der Waals surface area contributed by atoms with Crippen LogP contribution in [0.1, 0.15) is 23.6 Å². The summed E-state index contributed by atoms with van der Waals surface area (Å²) < 4.78 is 13.5. The number of nitrogens with zero attached hydrogens (tertiary/aromatic N) is 1. The van der Waals surface area contributed by atoms with Gasteiger partial charge in [0, 0.05) is 28.1 Å². The largest absolute Gasteiger partial charge is 0.445 e. The Hall–Kier alpha value is -3.89. The van der Waals surface area contributed by atoms with Gasteiger partial charge < -0.3 is 9.47 Å². The number of benzene rings is 5. The molecule has 4 heteroatoms. The van der Waals surface area contributed by atoms with E-state index in [1.165, 1.54) is 0 Å². The van der Waals surface area contributed by atoms with Gasteiger partial charge in [0.15, 0.2) is 11.5 Å². The van der Waals surface area contributed by atoms with Crippen LogP contribution in [0.15, 0.2) is 125 Å². The van der Waals surface area contributed by atoms with Gasteiger partial charge in [-0.25, -0.2) is 4.99 Å². The lowest BCUT2D eigenvalue weighted by Gasteiger charge is -2.23. The van der Waals surface area contributed by atoms with E-state index in [1.807, 2.05) is 85.8 Å². The van der Waals surface area contributed by atoms with Gasteiger partial charge in [-0.1, -0.05) is 91.0 Å². The summed E-state index contributed by atoms with van der Waals surface area (Å²) in [5.74, 6) is 0.612. The fourth-order valence-corrected chi connectivity index (χ4v) is 4.87. The molecule has 0 radical (unpaired) electrons. The molecule has 0 aromatic heterocycles. The third-order valence-corrected chi connectivity index (χ3v) is 6.84. The highest BCUT2D eigenvalue weighted by atomic mass is 79.9. The van der Waals surface area contributed by atoms with Crippen molar-refractivity contribution in [2.45, 2.75) is 12.7 Å². The summed E-state index contributed by atoms with van der Waals surface area (Å²) in [5.41, 5.74) is 4.88. The van der Waals surface area contributed by atoms with Gasteiger partial charge in [0.05, 0.1) is 11.4 Å². The van der Waals surface area contributed by atoms with Crippen LogP contribution in [0.2, 0.25) is 0 Å². The maximum atomic E-state index is 6.31. The molecule has 6 rings (SSSR count). The van der Waals surface area contributed by atoms with Crippen molar-refractivity contribution in [3.05, 3.63) is 136 Å². The minimum Gasteiger partial charge on any atom is -0.445 e. The average Bonchev–Trinajstić information content (AvgIpc) is 3.24. The lowest BCUT2D eigenvalue weighted by molar-refractivity contribution is -0.0679. The molecule has 0 bridgehead atoms. The first kappa shape index (κ1) is 21.6. The number of aliphatic imine (C=N–C) groups is 1. The van der Waals surface area contributed by atoms with Crippen molar-refractivity contribution < 1.29 is 9.47 Å².